The van der Waals surface area contributed by atoms with Crippen LogP contribution in [0.2, 0.25) is 0 Å². The van der Waals surface area contributed by atoms with Crippen LogP contribution < -0.4 is 10.1 Å². The molecule has 0 fully saturated rings. The van der Waals surface area contributed by atoms with Crippen LogP contribution in [0.1, 0.15) is 24.1 Å². The van der Waals surface area contributed by atoms with Gasteiger partial charge >= 0.3 is 0 Å². The summed E-state index contributed by atoms with van der Waals surface area (Å²) < 4.78 is 32.2. The second kappa shape index (κ2) is 7.21. The fourth-order valence-corrected chi connectivity index (χ4v) is 6.53. The molecule has 0 amide bonds. The summed E-state index contributed by atoms with van der Waals surface area (Å²) in [5, 5.41) is 13.7. The third-order valence-electron chi connectivity index (χ3n) is 5.50. The lowest BCUT2D eigenvalue weighted by molar-refractivity contribution is 0.0497. The maximum absolute atomic E-state index is 13.5. The number of aliphatic hydroxyl groups is 1. The van der Waals surface area contributed by atoms with Gasteiger partial charge in [0.2, 0.25) is 0 Å². The minimum atomic E-state index is -3.78. The highest BCUT2D eigenvalue weighted by molar-refractivity contribution is 7.92. The van der Waals surface area contributed by atoms with Crippen molar-refractivity contribution in [2.75, 3.05) is 12.4 Å². The van der Waals surface area contributed by atoms with Gasteiger partial charge in [-0.2, -0.15) is 0 Å². The molecule has 0 saturated heterocycles. The van der Waals surface area contributed by atoms with Gasteiger partial charge < -0.3 is 15.2 Å². The van der Waals surface area contributed by atoms with Crippen molar-refractivity contribution in [3.63, 3.8) is 0 Å². The molecule has 2 N–H and O–H groups in total. The van der Waals surface area contributed by atoms with Gasteiger partial charge in [-0.25, -0.2) is 8.42 Å². The molecule has 1 aliphatic heterocycles. The summed E-state index contributed by atoms with van der Waals surface area (Å²) in [5.41, 5.74) is 0.395. The Labute approximate surface area is 170 Å². The van der Waals surface area contributed by atoms with Gasteiger partial charge in [0.1, 0.15) is 16.6 Å². The third kappa shape index (κ3) is 3.28. The van der Waals surface area contributed by atoms with E-state index in [9.17, 15) is 13.5 Å². The standard InChI is InChI=1S/C23H23NO4S/c1-23(25)19-10-6-7-11-20(19)29(26,27)22(23)21(24-17-8-4-3-5-9-17)16-12-14-18(28-2)15-13-16/h3-15,21-22,24-25H,1-2H3. The largest absolute Gasteiger partial charge is 0.497 e. The van der Waals surface area contributed by atoms with E-state index in [4.69, 9.17) is 4.74 Å². The molecule has 0 radical (unpaired) electrons. The van der Waals surface area contributed by atoms with E-state index in [1.165, 1.54) is 0 Å². The summed E-state index contributed by atoms with van der Waals surface area (Å²) in [7, 11) is -2.20. The molecule has 0 aromatic heterocycles. The van der Waals surface area contributed by atoms with E-state index in [1.54, 1.807) is 50.4 Å². The number of benzene rings is 3. The van der Waals surface area contributed by atoms with E-state index in [1.807, 2.05) is 42.5 Å². The summed E-state index contributed by atoms with van der Waals surface area (Å²) >= 11 is 0. The lowest BCUT2D eigenvalue weighted by atomic mass is 9.86. The number of para-hydroxylation sites is 1. The van der Waals surface area contributed by atoms with Gasteiger partial charge in [0.15, 0.2) is 9.84 Å². The number of nitrogens with one attached hydrogen (secondary N) is 1. The predicted octanol–water partition coefficient (Wildman–Crippen LogP) is 3.91. The second-order valence-corrected chi connectivity index (χ2v) is 9.41. The smallest absolute Gasteiger partial charge is 0.187 e. The quantitative estimate of drug-likeness (QED) is 0.668. The Morgan fingerprint density at radius 2 is 1.59 bits per heavy atom. The predicted molar refractivity (Wildman–Crippen MR) is 113 cm³/mol. The molecule has 3 aromatic rings. The first-order chi connectivity index (χ1) is 13.9. The molecule has 150 valence electrons. The normalized spacial score (nSPS) is 23.2. The minimum Gasteiger partial charge on any atom is -0.497 e. The molecule has 0 aliphatic carbocycles. The Bertz CT molecular complexity index is 1110. The first-order valence-electron chi connectivity index (χ1n) is 9.37. The molecule has 6 heteroatoms. The fraction of sp³-hybridized carbons (Fsp3) is 0.217. The van der Waals surface area contributed by atoms with Crippen molar-refractivity contribution >= 4 is 15.5 Å². The second-order valence-electron chi connectivity index (χ2n) is 7.37. The number of rotatable bonds is 5. The average molecular weight is 410 g/mol. The summed E-state index contributed by atoms with van der Waals surface area (Å²) in [6, 6.07) is 22.6. The summed E-state index contributed by atoms with van der Waals surface area (Å²) in [4.78, 5) is 0.184. The molecule has 1 aliphatic rings. The fourth-order valence-electron chi connectivity index (χ4n) is 4.09. The van der Waals surface area contributed by atoms with Gasteiger partial charge in [0, 0.05) is 11.3 Å². The van der Waals surface area contributed by atoms with Gasteiger partial charge in [-0.1, -0.05) is 48.5 Å². The zero-order chi connectivity index (χ0) is 20.6. The zero-order valence-electron chi connectivity index (χ0n) is 16.2. The topological polar surface area (TPSA) is 75.6 Å². The SMILES string of the molecule is COc1ccc(C(Nc2ccccc2)C2C(C)(O)c3ccccc3S2(=O)=O)cc1. The molecule has 0 spiro atoms. The Kier molecular flexibility index (Phi) is 4.84. The average Bonchev–Trinajstić information content (AvgIpc) is 2.89. The van der Waals surface area contributed by atoms with Gasteiger partial charge in [-0.3, -0.25) is 0 Å². The van der Waals surface area contributed by atoms with Crippen LogP contribution in [0.5, 0.6) is 5.75 Å². The van der Waals surface area contributed by atoms with Crippen LogP contribution in [-0.2, 0) is 15.4 Å². The van der Waals surface area contributed by atoms with Crippen molar-refractivity contribution in [1.82, 2.24) is 0 Å². The highest BCUT2D eigenvalue weighted by Crippen LogP contribution is 2.49. The maximum Gasteiger partial charge on any atom is 0.187 e. The molecule has 0 saturated carbocycles. The summed E-state index contributed by atoms with van der Waals surface area (Å²) in [6.45, 7) is 1.57. The van der Waals surface area contributed by atoms with E-state index in [2.05, 4.69) is 5.32 Å². The maximum atomic E-state index is 13.5. The van der Waals surface area contributed by atoms with Gasteiger partial charge in [0.05, 0.1) is 18.0 Å². The van der Waals surface area contributed by atoms with Crippen LogP contribution in [0.25, 0.3) is 0 Å². The van der Waals surface area contributed by atoms with Crippen LogP contribution >= 0.6 is 0 Å². The molecular weight excluding hydrogens is 386 g/mol. The molecule has 3 atom stereocenters. The Morgan fingerprint density at radius 1 is 0.966 bits per heavy atom. The van der Waals surface area contributed by atoms with Crippen molar-refractivity contribution in [3.05, 3.63) is 90.0 Å². The summed E-state index contributed by atoms with van der Waals surface area (Å²) in [6.07, 6.45) is 0. The first-order valence-corrected chi connectivity index (χ1v) is 10.9. The number of ether oxygens (including phenoxy) is 1. The number of methoxy groups -OCH3 is 1. The monoisotopic (exact) mass is 409 g/mol. The zero-order valence-corrected chi connectivity index (χ0v) is 17.1. The lowest BCUT2D eigenvalue weighted by Crippen LogP contribution is -2.43. The molecule has 3 aromatic carbocycles. The number of hydrogen-bond donors (Lipinski definition) is 2. The van der Waals surface area contributed by atoms with Crippen LogP contribution in [0, 0.1) is 0 Å². The number of sulfone groups is 1. The van der Waals surface area contributed by atoms with E-state index in [0.717, 1.165) is 11.3 Å². The highest BCUT2D eigenvalue weighted by atomic mass is 32.2. The van der Waals surface area contributed by atoms with Gasteiger partial charge in [-0.15, -0.1) is 0 Å². The number of fused-ring (bicyclic) bond motifs is 1. The summed E-state index contributed by atoms with van der Waals surface area (Å²) in [5.74, 6) is 0.677. The highest BCUT2D eigenvalue weighted by Gasteiger charge is 2.56. The molecule has 0 bridgehead atoms. The van der Waals surface area contributed by atoms with Crippen molar-refractivity contribution in [3.8, 4) is 5.75 Å². The van der Waals surface area contributed by atoms with Crippen molar-refractivity contribution < 1.29 is 18.3 Å². The van der Waals surface area contributed by atoms with Crippen molar-refractivity contribution in [2.45, 2.75) is 28.7 Å². The molecule has 1 heterocycles. The van der Waals surface area contributed by atoms with E-state index in [-0.39, 0.29) is 4.90 Å². The van der Waals surface area contributed by atoms with Gasteiger partial charge in [0.25, 0.3) is 0 Å². The lowest BCUT2D eigenvalue weighted by Gasteiger charge is -2.33. The van der Waals surface area contributed by atoms with E-state index in [0.29, 0.717) is 11.3 Å². The van der Waals surface area contributed by atoms with Crippen molar-refractivity contribution in [2.24, 2.45) is 0 Å². The third-order valence-corrected chi connectivity index (χ3v) is 7.87. The Hall–Kier alpha value is -2.83. The van der Waals surface area contributed by atoms with Gasteiger partial charge in [-0.05, 0) is 42.8 Å². The van der Waals surface area contributed by atoms with Crippen molar-refractivity contribution in [1.29, 1.82) is 0 Å². The molecule has 4 rings (SSSR count). The van der Waals surface area contributed by atoms with Crippen LogP contribution in [0.15, 0.2) is 83.8 Å². The van der Waals surface area contributed by atoms with Crippen LogP contribution in [0.4, 0.5) is 5.69 Å². The number of anilines is 1. The molecule has 5 nitrogen and oxygen atoms in total. The van der Waals surface area contributed by atoms with E-state index >= 15 is 0 Å². The first kappa shape index (κ1) is 19.5. The van der Waals surface area contributed by atoms with Crippen LogP contribution in [0.3, 0.4) is 0 Å². The molecule has 3 unspecified atom stereocenters. The van der Waals surface area contributed by atoms with Crippen LogP contribution in [-0.4, -0.2) is 25.9 Å². The molecule has 29 heavy (non-hydrogen) atoms. The minimum absolute atomic E-state index is 0.184. The van der Waals surface area contributed by atoms with E-state index < -0.39 is 26.7 Å². The Balaban J connectivity index is 1.86. The number of hydrogen-bond acceptors (Lipinski definition) is 5. The molecular formula is C23H23NO4S. The Morgan fingerprint density at radius 3 is 2.21 bits per heavy atom.